The Morgan fingerprint density at radius 2 is 2.00 bits per heavy atom. The van der Waals surface area contributed by atoms with Crippen LogP contribution in [0.5, 0.6) is 0 Å². The van der Waals surface area contributed by atoms with E-state index in [1.54, 1.807) is 11.9 Å². The van der Waals surface area contributed by atoms with Crippen LogP contribution in [0.15, 0.2) is 4.52 Å². The summed E-state index contributed by atoms with van der Waals surface area (Å²) in [5, 5.41) is 3.95. The minimum absolute atomic E-state index is 0.0560. The van der Waals surface area contributed by atoms with Crippen LogP contribution in [-0.2, 0) is 16.1 Å². The second kappa shape index (κ2) is 8.85. The molecule has 27 heavy (non-hydrogen) atoms. The summed E-state index contributed by atoms with van der Waals surface area (Å²) in [5.74, 6) is 2.03. The molecule has 2 heterocycles. The lowest BCUT2D eigenvalue weighted by Crippen LogP contribution is -2.47. The van der Waals surface area contributed by atoms with Crippen molar-refractivity contribution >= 4 is 11.8 Å². The zero-order chi connectivity index (χ0) is 19.4. The van der Waals surface area contributed by atoms with Gasteiger partial charge in [-0.25, -0.2) is 0 Å². The highest BCUT2D eigenvalue weighted by atomic mass is 16.5. The van der Waals surface area contributed by atoms with Gasteiger partial charge in [-0.05, 0) is 25.2 Å². The van der Waals surface area contributed by atoms with E-state index in [1.807, 2.05) is 18.7 Å². The Morgan fingerprint density at radius 3 is 2.67 bits per heavy atom. The van der Waals surface area contributed by atoms with E-state index in [0.717, 1.165) is 6.54 Å². The lowest BCUT2D eigenvalue weighted by atomic mass is 9.87. The Hall–Kier alpha value is -1.92. The van der Waals surface area contributed by atoms with Gasteiger partial charge >= 0.3 is 0 Å². The van der Waals surface area contributed by atoms with E-state index >= 15 is 0 Å². The topological polar surface area (TPSA) is 79.5 Å². The first-order valence-electron chi connectivity index (χ1n) is 10.3. The van der Waals surface area contributed by atoms with Crippen molar-refractivity contribution < 1.29 is 14.1 Å². The summed E-state index contributed by atoms with van der Waals surface area (Å²) in [7, 11) is 1.77. The summed E-state index contributed by atoms with van der Waals surface area (Å²) < 4.78 is 5.25. The van der Waals surface area contributed by atoms with Gasteiger partial charge in [0.05, 0.1) is 12.5 Å². The summed E-state index contributed by atoms with van der Waals surface area (Å²) >= 11 is 0. The molecule has 0 spiro atoms. The first-order valence-corrected chi connectivity index (χ1v) is 10.3. The molecule has 0 N–H and O–H groups in total. The Morgan fingerprint density at radius 1 is 1.26 bits per heavy atom. The Kier molecular flexibility index (Phi) is 6.50. The lowest BCUT2D eigenvalue weighted by Gasteiger charge is -2.36. The van der Waals surface area contributed by atoms with Gasteiger partial charge in [-0.3, -0.25) is 9.59 Å². The van der Waals surface area contributed by atoms with Gasteiger partial charge in [0, 0.05) is 32.5 Å². The van der Waals surface area contributed by atoms with Gasteiger partial charge < -0.3 is 14.3 Å². The third kappa shape index (κ3) is 5.08. The molecule has 0 aromatic carbocycles. The number of hydrogen-bond donors (Lipinski definition) is 0. The van der Waals surface area contributed by atoms with Crippen LogP contribution in [-0.4, -0.2) is 51.9 Å². The predicted octanol–water partition coefficient (Wildman–Crippen LogP) is 2.97. The van der Waals surface area contributed by atoms with Crippen molar-refractivity contribution in [3.05, 3.63) is 11.7 Å². The third-order valence-electron chi connectivity index (χ3n) is 5.80. The molecule has 0 radical (unpaired) electrons. The highest BCUT2D eigenvalue weighted by molar-refractivity contribution is 5.83. The normalized spacial score (nSPS) is 21.7. The number of likely N-dealkylation sites (tertiary alicyclic amines) is 1. The van der Waals surface area contributed by atoms with Crippen LogP contribution < -0.4 is 0 Å². The molecule has 150 valence electrons. The molecule has 1 aromatic heterocycles. The number of nitrogens with zero attached hydrogens (tertiary/aromatic N) is 4. The monoisotopic (exact) mass is 376 g/mol. The highest BCUT2D eigenvalue weighted by Crippen LogP contribution is 2.27. The summed E-state index contributed by atoms with van der Waals surface area (Å²) in [6, 6.07) is 0. The average Bonchev–Trinajstić information content (AvgIpc) is 3.12. The molecule has 7 nitrogen and oxygen atoms in total. The zero-order valence-corrected chi connectivity index (χ0v) is 16.8. The highest BCUT2D eigenvalue weighted by Gasteiger charge is 2.33. The van der Waals surface area contributed by atoms with Gasteiger partial charge in [0.1, 0.15) is 0 Å². The maximum absolute atomic E-state index is 12.9. The largest absolute Gasteiger partial charge is 0.342 e. The molecule has 1 saturated heterocycles. The van der Waals surface area contributed by atoms with Gasteiger partial charge in [-0.2, -0.15) is 4.98 Å². The van der Waals surface area contributed by atoms with Crippen molar-refractivity contribution in [3.63, 3.8) is 0 Å². The summed E-state index contributed by atoms with van der Waals surface area (Å²) in [5.41, 5.74) is 0. The van der Waals surface area contributed by atoms with E-state index in [-0.39, 0.29) is 23.7 Å². The Labute approximate surface area is 161 Å². The van der Waals surface area contributed by atoms with E-state index in [2.05, 4.69) is 10.1 Å². The van der Waals surface area contributed by atoms with E-state index in [0.29, 0.717) is 43.6 Å². The van der Waals surface area contributed by atoms with Gasteiger partial charge in [-0.15, -0.1) is 0 Å². The zero-order valence-electron chi connectivity index (χ0n) is 16.8. The number of amides is 2. The van der Waals surface area contributed by atoms with Gasteiger partial charge in [-0.1, -0.05) is 38.3 Å². The van der Waals surface area contributed by atoms with E-state index in [4.69, 9.17) is 4.52 Å². The Balaban J connectivity index is 1.55. The molecule has 1 aliphatic carbocycles. The maximum Gasteiger partial charge on any atom is 0.246 e. The molecule has 2 amide bonds. The van der Waals surface area contributed by atoms with Crippen LogP contribution in [0.4, 0.5) is 0 Å². The summed E-state index contributed by atoms with van der Waals surface area (Å²) in [6.07, 6.45) is 7.35. The molecular weight excluding hydrogens is 344 g/mol. The predicted molar refractivity (Wildman–Crippen MR) is 101 cm³/mol. The number of aromatic nitrogens is 2. The smallest absolute Gasteiger partial charge is 0.246 e. The fourth-order valence-electron chi connectivity index (χ4n) is 4.13. The first-order chi connectivity index (χ1) is 12.9. The number of hydrogen-bond acceptors (Lipinski definition) is 5. The van der Waals surface area contributed by atoms with Crippen molar-refractivity contribution in [2.75, 3.05) is 20.1 Å². The first kappa shape index (κ1) is 19.8. The molecule has 0 unspecified atom stereocenters. The summed E-state index contributed by atoms with van der Waals surface area (Å²) in [6.45, 7) is 5.67. The van der Waals surface area contributed by atoms with Crippen LogP contribution in [0.2, 0.25) is 0 Å². The van der Waals surface area contributed by atoms with E-state index < -0.39 is 0 Å². The quantitative estimate of drug-likeness (QED) is 0.762. The molecule has 3 rings (SSSR count). The second-order valence-corrected chi connectivity index (χ2v) is 8.43. The molecule has 1 saturated carbocycles. The van der Waals surface area contributed by atoms with E-state index in [9.17, 15) is 9.59 Å². The van der Waals surface area contributed by atoms with Crippen molar-refractivity contribution in [2.24, 2.45) is 11.8 Å². The minimum Gasteiger partial charge on any atom is -0.342 e. The molecule has 2 aliphatic rings. The van der Waals surface area contributed by atoms with Crippen molar-refractivity contribution in [3.8, 4) is 0 Å². The fourth-order valence-corrected chi connectivity index (χ4v) is 4.13. The standard InChI is InChI=1S/C20H32N4O3/c1-14(2)19-21-17(27-22-19)13-23(3)20(26)16-9-10-18(25)24(12-16)11-15-7-5-4-6-8-15/h14-16H,4-13H2,1-3H3/t16-/m1/s1. The number of piperidine rings is 1. The number of carbonyl (C=O) groups excluding carboxylic acids is 2. The molecule has 1 atom stereocenters. The molecule has 1 aromatic rings. The maximum atomic E-state index is 12.9. The van der Waals surface area contributed by atoms with Crippen LogP contribution in [0.1, 0.15) is 76.4 Å². The van der Waals surface area contributed by atoms with Crippen LogP contribution in [0.25, 0.3) is 0 Å². The minimum atomic E-state index is -0.135. The lowest BCUT2D eigenvalue weighted by molar-refractivity contribution is -0.143. The second-order valence-electron chi connectivity index (χ2n) is 8.43. The van der Waals surface area contributed by atoms with Crippen molar-refractivity contribution in [1.29, 1.82) is 0 Å². The molecule has 1 aliphatic heterocycles. The van der Waals surface area contributed by atoms with Crippen LogP contribution in [0, 0.1) is 11.8 Å². The molecule has 2 fully saturated rings. The van der Waals surface area contributed by atoms with Crippen molar-refractivity contribution in [2.45, 2.75) is 71.3 Å². The van der Waals surface area contributed by atoms with E-state index in [1.165, 1.54) is 32.1 Å². The average molecular weight is 377 g/mol. The number of carbonyl (C=O) groups is 2. The molecular formula is C20H32N4O3. The van der Waals surface area contributed by atoms with Crippen LogP contribution >= 0.6 is 0 Å². The number of rotatable bonds is 6. The van der Waals surface area contributed by atoms with Gasteiger partial charge in [0.2, 0.25) is 17.7 Å². The summed E-state index contributed by atoms with van der Waals surface area (Å²) in [4.78, 5) is 33.1. The third-order valence-corrected chi connectivity index (χ3v) is 5.80. The fraction of sp³-hybridized carbons (Fsp3) is 0.800. The Bertz CT molecular complexity index is 651. The SMILES string of the molecule is CC(C)c1noc(CN(C)C(=O)[C@@H]2CCC(=O)N(CC3CCCCC3)C2)n1. The molecule has 7 heteroatoms. The van der Waals surface area contributed by atoms with Crippen LogP contribution in [0.3, 0.4) is 0 Å². The van der Waals surface area contributed by atoms with Gasteiger partial charge in [0.25, 0.3) is 0 Å². The van der Waals surface area contributed by atoms with Crippen molar-refractivity contribution in [1.82, 2.24) is 19.9 Å². The molecule has 0 bridgehead atoms. The van der Waals surface area contributed by atoms with Gasteiger partial charge in [0.15, 0.2) is 5.82 Å².